The third-order valence-electron chi connectivity index (χ3n) is 4.69. The summed E-state index contributed by atoms with van der Waals surface area (Å²) in [6.07, 6.45) is 4.46. The zero-order valence-electron chi connectivity index (χ0n) is 16.5. The highest BCUT2D eigenvalue weighted by molar-refractivity contribution is 7.90. The zero-order valence-corrected chi connectivity index (χ0v) is 17.3. The summed E-state index contributed by atoms with van der Waals surface area (Å²) in [5, 5.41) is 3.93. The van der Waals surface area contributed by atoms with Gasteiger partial charge in [-0.2, -0.15) is 4.98 Å². The molecule has 156 valence electrons. The van der Waals surface area contributed by atoms with Gasteiger partial charge < -0.3 is 14.2 Å². The Kier molecular flexibility index (Phi) is 5.25. The van der Waals surface area contributed by atoms with Crippen LogP contribution in [0.1, 0.15) is 31.2 Å². The molecule has 0 atom stereocenters. The van der Waals surface area contributed by atoms with Gasteiger partial charge in [0, 0.05) is 18.3 Å². The Bertz CT molecular complexity index is 1160. The summed E-state index contributed by atoms with van der Waals surface area (Å²) in [7, 11) is -3.44. The fourth-order valence-electron chi connectivity index (χ4n) is 2.98. The number of carbonyl (C=O) groups is 1. The van der Waals surface area contributed by atoms with Crippen LogP contribution in [-0.2, 0) is 26.2 Å². The Labute approximate surface area is 173 Å². The lowest BCUT2D eigenvalue weighted by Crippen LogP contribution is -2.37. The molecule has 1 aromatic carbocycles. The molecule has 0 spiro atoms. The van der Waals surface area contributed by atoms with Gasteiger partial charge in [-0.3, -0.25) is 0 Å². The van der Waals surface area contributed by atoms with Gasteiger partial charge in [0.2, 0.25) is 5.82 Å². The number of carbonyl (C=O) groups excluding carboxylic acids is 1. The maximum Gasteiger partial charge on any atom is 0.340 e. The molecule has 2 aromatic rings. The summed E-state index contributed by atoms with van der Waals surface area (Å²) < 4.78 is 37.2. The Morgan fingerprint density at radius 1 is 1.23 bits per heavy atom. The first-order valence-electron chi connectivity index (χ1n) is 9.40. The molecule has 1 aromatic heterocycles. The van der Waals surface area contributed by atoms with Gasteiger partial charge in [0.15, 0.2) is 6.61 Å². The number of ether oxygens (including phenoxy) is 1. The molecule has 0 unspecified atom stereocenters. The molecular formula is C20H20N4O5S. The maximum atomic E-state index is 12.3. The van der Waals surface area contributed by atoms with Gasteiger partial charge in [-0.1, -0.05) is 43.3 Å². The minimum atomic E-state index is -3.44. The summed E-state index contributed by atoms with van der Waals surface area (Å²) >= 11 is 0. The Balaban J connectivity index is 1.38. The SMILES string of the molecule is CC(C)c1ccc(-c2noc(COC(=O)C3=CN4CCS(=O)(=O)N=C4C=C3)n2)cc1. The highest BCUT2D eigenvalue weighted by Crippen LogP contribution is 2.21. The lowest BCUT2D eigenvalue weighted by atomic mass is 10.0. The topological polar surface area (TPSA) is 115 Å². The van der Waals surface area contributed by atoms with Gasteiger partial charge >= 0.3 is 5.97 Å². The quantitative estimate of drug-likeness (QED) is 0.667. The van der Waals surface area contributed by atoms with Gasteiger partial charge in [0.25, 0.3) is 15.9 Å². The van der Waals surface area contributed by atoms with Crippen LogP contribution in [0.3, 0.4) is 0 Å². The number of sulfonamides is 1. The molecule has 0 N–H and O–H groups in total. The van der Waals surface area contributed by atoms with Crippen LogP contribution in [0.4, 0.5) is 0 Å². The highest BCUT2D eigenvalue weighted by Gasteiger charge is 2.25. The van der Waals surface area contributed by atoms with E-state index in [4.69, 9.17) is 9.26 Å². The van der Waals surface area contributed by atoms with Crippen LogP contribution < -0.4 is 0 Å². The second kappa shape index (κ2) is 7.86. The molecule has 0 saturated heterocycles. The van der Waals surface area contributed by atoms with Crippen molar-refractivity contribution < 1.29 is 22.5 Å². The molecule has 4 rings (SSSR count). The summed E-state index contributed by atoms with van der Waals surface area (Å²) in [6, 6.07) is 7.87. The van der Waals surface area contributed by atoms with E-state index in [-0.39, 0.29) is 36.2 Å². The molecule has 0 aliphatic carbocycles. The lowest BCUT2D eigenvalue weighted by molar-refractivity contribution is -0.140. The van der Waals surface area contributed by atoms with Gasteiger partial charge in [0.05, 0.1) is 11.3 Å². The summed E-state index contributed by atoms with van der Waals surface area (Å²) in [5.74, 6) is 0.620. The van der Waals surface area contributed by atoms with E-state index in [0.717, 1.165) is 5.56 Å². The zero-order chi connectivity index (χ0) is 21.3. The molecule has 0 radical (unpaired) electrons. The van der Waals surface area contributed by atoms with E-state index in [0.29, 0.717) is 11.7 Å². The number of fused-ring (bicyclic) bond motifs is 1. The van der Waals surface area contributed by atoms with Gasteiger partial charge in [0.1, 0.15) is 5.84 Å². The molecule has 0 fully saturated rings. The van der Waals surface area contributed by atoms with E-state index in [1.165, 1.54) is 23.9 Å². The fraction of sp³-hybridized carbons (Fsp3) is 0.300. The number of rotatable bonds is 5. The number of hydrogen-bond donors (Lipinski definition) is 0. The second-order valence-corrected chi connectivity index (χ2v) is 8.97. The molecule has 10 heteroatoms. The van der Waals surface area contributed by atoms with Crippen molar-refractivity contribution in [2.75, 3.05) is 12.3 Å². The normalized spacial score (nSPS) is 17.4. The second-order valence-electron chi connectivity index (χ2n) is 7.21. The average Bonchev–Trinajstić information content (AvgIpc) is 3.20. The van der Waals surface area contributed by atoms with E-state index in [9.17, 15) is 13.2 Å². The highest BCUT2D eigenvalue weighted by atomic mass is 32.2. The smallest absolute Gasteiger partial charge is 0.340 e. The first-order valence-corrected chi connectivity index (χ1v) is 11.0. The van der Waals surface area contributed by atoms with Crippen molar-refractivity contribution in [1.82, 2.24) is 15.0 Å². The summed E-state index contributed by atoms with van der Waals surface area (Å²) in [5.41, 5.74) is 2.30. The fourth-order valence-corrected chi connectivity index (χ4v) is 3.95. The van der Waals surface area contributed by atoms with Crippen molar-refractivity contribution in [3.8, 4) is 11.4 Å². The van der Waals surface area contributed by atoms with Crippen LogP contribution in [0.15, 0.2) is 57.1 Å². The number of amidine groups is 1. The third-order valence-corrected chi connectivity index (χ3v) is 5.85. The van der Waals surface area contributed by atoms with E-state index in [2.05, 4.69) is 28.4 Å². The molecule has 0 bridgehead atoms. The first kappa shape index (κ1) is 20.0. The third kappa shape index (κ3) is 4.33. The minimum absolute atomic E-state index is 0.105. The Morgan fingerprint density at radius 3 is 2.73 bits per heavy atom. The summed E-state index contributed by atoms with van der Waals surface area (Å²) in [4.78, 5) is 18.2. The summed E-state index contributed by atoms with van der Waals surface area (Å²) in [6.45, 7) is 4.29. The number of hydrogen-bond acceptors (Lipinski definition) is 8. The minimum Gasteiger partial charge on any atom is -0.452 e. The van der Waals surface area contributed by atoms with Crippen LogP contribution in [-0.4, -0.2) is 47.6 Å². The average molecular weight is 428 g/mol. The van der Waals surface area contributed by atoms with E-state index >= 15 is 0 Å². The van der Waals surface area contributed by atoms with E-state index in [1.807, 2.05) is 24.3 Å². The van der Waals surface area contributed by atoms with Crippen molar-refractivity contribution in [1.29, 1.82) is 0 Å². The van der Waals surface area contributed by atoms with Gasteiger partial charge in [-0.15, -0.1) is 4.40 Å². The first-order chi connectivity index (χ1) is 14.3. The number of benzene rings is 1. The number of esters is 1. The molecule has 30 heavy (non-hydrogen) atoms. The molecular weight excluding hydrogens is 408 g/mol. The number of aromatic nitrogens is 2. The van der Waals surface area contributed by atoms with Crippen molar-refractivity contribution in [2.24, 2.45) is 4.40 Å². The maximum absolute atomic E-state index is 12.3. The van der Waals surface area contributed by atoms with Crippen LogP contribution in [0.25, 0.3) is 11.4 Å². The van der Waals surface area contributed by atoms with Crippen molar-refractivity contribution in [2.45, 2.75) is 26.4 Å². The lowest BCUT2D eigenvalue weighted by Gasteiger charge is -2.26. The monoisotopic (exact) mass is 428 g/mol. The van der Waals surface area contributed by atoms with Gasteiger partial charge in [-0.25, -0.2) is 13.2 Å². The van der Waals surface area contributed by atoms with Crippen molar-refractivity contribution >= 4 is 21.8 Å². The van der Waals surface area contributed by atoms with Crippen LogP contribution in [0.5, 0.6) is 0 Å². The molecule has 3 heterocycles. The Hall–Kier alpha value is -3.27. The number of nitrogens with zero attached hydrogens (tertiary/aromatic N) is 4. The molecule has 2 aliphatic heterocycles. The molecule has 9 nitrogen and oxygen atoms in total. The predicted octanol–water partition coefficient (Wildman–Crippen LogP) is 2.40. The Morgan fingerprint density at radius 2 is 2.00 bits per heavy atom. The van der Waals surface area contributed by atoms with Crippen LogP contribution in [0, 0.1) is 0 Å². The molecule has 2 aliphatic rings. The van der Waals surface area contributed by atoms with E-state index in [1.54, 1.807) is 4.90 Å². The largest absolute Gasteiger partial charge is 0.452 e. The van der Waals surface area contributed by atoms with E-state index < -0.39 is 16.0 Å². The molecule has 0 amide bonds. The predicted molar refractivity (Wildman–Crippen MR) is 109 cm³/mol. The van der Waals surface area contributed by atoms with Gasteiger partial charge in [-0.05, 0) is 23.6 Å². The van der Waals surface area contributed by atoms with Crippen molar-refractivity contribution in [3.05, 3.63) is 59.6 Å². The molecule has 0 saturated carbocycles. The van der Waals surface area contributed by atoms with Crippen LogP contribution in [0.2, 0.25) is 0 Å². The van der Waals surface area contributed by atoms with Crippen molar-refractivity contribution in [3.63, 3.8) is 0 Å². The standard InChI is InChI=1S/C20H20N4O5S/c1-13(2)14-3-5-15(6-4-14)19-21-18(29-22-19)12-28-20(25)16-7-8-17-23-30(26,27)10-9-24(17)11-16/h3-8,11,13H,9-10,12H2,1-2H3. The van der Waals surface area contributed by atoms with Crippen LogP contribution >= 0.6 is 0 Å².